The van der Waals surface area contributed by atoms with Crippen molar-refractivity contribution in [3.05, 3.63) is 98.8 Å². The molecule has 0 spiro atoms. The highest BCUT2D eigenvalue weighted by Crippen LogP contribution is 2.38. The molecule has 0 aromatic heterocycles. The van der Waals surface area contributed by atoms with E-state index in [2.05, 4.69) is 26.8 Å². The monoisotopic (exact) mass is 441 g/mol. The Hall–Kier alpha value is -2.38. The number of benzene rings is 3. The van der Waals surface area contributed by atoms with Gasteiger partial charge in [0.1, 0.15) is 0 Å². The molecule has 0 amide bonds. The maximum Gasteiger partial charge on any atom is 0.187 e. The summed E-state index contributed by atoms with van der Waals surface area (Å²) in [5.74, 6) is 0. The summed E-state index contributed by atoms with van der Waals surface area (Å²) in [5, 5.41) is 1.99. The first-order valence-corrected chi connectivity index (χ1v) is 10.4. The largest absolute Gasteiger partial charge is 0.367 e. The lowest BCUT2D eigenvalue weighted by Gasteiger charge is -2.44. The molecule has 1 aliphatic heterocycles. The van der Waals surface area contributed by atoms with Crippen LogP contribution in [-0.4, -0.2) is 19.6 Å². The number of rotatable bonds is 3. The first-order valence-electron chi connectivity index (χ1n) is 9.25. The van der Waals surface area contributed by atoms with E-state index in [0.29, 0.717) is 20.8 Å². The second-order valence-corrected chi connectivity index (χ2v) is 8.21. The topological polar surface area (TPSA) is 10.8 Å². The van der Waals surface area contributed by atoms with Crippen LogP contribution in [0.1, 0.15) is 11.6 Å². The molecule has 1 atom stereocenters. The molecule has 1 aliphatic rings. The maximum atomic E-state index is 7.15. The third kappa shape index (κ3) is 4.31. The summed E-state index contributed by atoms with van der Waals surface area (Å²) >= 11 is 18.8. The van der Waals surface area contributed by atoms with Gasteiger partial charge in [-0.3, -0.25) is 0 Å². The second kappa shape index (κ2) is 8.55. The Bertz CT molecular complexity index is 1040. The Morgan fingerprint density at radius 3 is 2.17 bits per heavy atom. The predicted molar refractivity (Wildman–Crippen MR) is 123 cm³/mol. The van der Waals surface area contributed by atoms with E-state index in [1.54, 1.807) is 6.07 Å². The van der Waals surface area contributed by atoms with Gasteiger partial charge in [0.2, 0.25) is 0 Å². The predicted octanol–water partition coefficient (Wildman–Crippen LogP) is 7.27. The van der Waals surface area contributed by atoms with Gasteiger partial charge in [-0.15, -0.1) is 0 Å². The molecular formula is C23H18Cl3N3. The van der Waals surface area contributed by atoms with Crippen molar-refractivity contribution in [3.63, 3.8) is 0 Å². The lowest BCUT2D eigenvalue weighted by atomic mass is 10.0. The normalized spacial score (nSPS) is 16.6. The molecule has 3 aromatic carbocycles. The van der Waals surface area contributed by atoms with Crippen LogP contribution in [0.3, 0.4) is 0 Å². The number of halogens is 3. The Morgan fingerprint density at radius 2 is 1.52 bits per heavy atom. The van der Waals surface area contributed by atoms with Crippen molar-refractivity contribution < 1.29 is 0 Å². The van der Waals surface area contributed by atoms with E-state index in [0.717, 1.165) is 31.0 Å². The van der Waals surface area contributed by atoms with E-state index in [4.69, 9.17) is 41.4 Å². The molecule has 1 fully saturated rings. The molecule has 3 aromatic rings. The zero-order valence-electron chi connectivity index (χ0n) is 15.5. The van der Waals surface area contributed by atoms with Gasteiger partial charge in [-0.25, -0.2) is 4.85 Å². The van der Waals surface area contributed by atoms with Gasteiger partial charge in [0, 0.05) is 35.4 Å². The molecular weight excluding hydrogens is 425 g/mol. The van der Waals surface area contributed by atoms with Gasteiger partial charge >= 0.3 is 0 Å². The van der Waals surface area contributed by atoms with Gasteiger partial charge in [0.15, 0.2) is 5.69 Å². The van der Waals surface area contributed by atoms with Gasteiger partial charge in [-0.2, -0.15) is 0 Å². The summed E-state index contributed by atoms with van der Waals surface area (Å²) < 4.78 is 0. The van der Waals surface area contributed by atoms with Crippen LogP contribution in [0, 0.1) is 6.57 Å². The third-order valence-electron chi connectivity index (χ3n) is 5.20. The molecule has 6 heteroatoms. The van der Waals surface area contributed by atoms with Crippen LogP contribution in [-0.2, 0) is 0 Å². The zero-order chi connectivity index (χ0) is 20.4. The lowest BCUT2D eigenvalue weighted by molar-refractivity contribution is 0.539. The fourth-order valence-electron chi connectivity index (χ4n) is 3.73. The molecule has 0 N–H and O–H groups in total. The van der Waals surface area contributed by atoms with Crippen molar-refractivity contribution in [2.24, 2.45) is 0 Å². The molecule has 0 saturated carbocycles. The minimum absolute atomic E-state index is 0.0974. The van der Waals surface area contributed by atoms with Crippen molar-refractivity contribution >= 4 is 51.9 Å². The first kappa shape index (κ1) is 19.9. The summed E-state index contributed by atoms with van der Waals surface area (Å²) in [5.41, 5.74) is 3.90. The van der Waals surface area contributed by atoms with E-state index in [-0.39, 0.29) is 6.04 Å². The maximum absolute atomic E-state index is 7.15. The lowest BCUT2D eigenvalue weighted by Crippen LogP contribution is -2.48. The van der Waals surface area contributed by atoms with Crippen molar-refractivity contribution in [2.45, 2.75) is 6.04 Å². The number of hydrogen-bond acceptors (Lipinski definition) is 2. The molecule has 29 heavy (non-hydrogen) atoms. The fraction of sp³-hybridized carbons (Fsp3) is 0.174. The molecule has 1 unspecified atom stereocenters. The third-order valence-corrected chi connectivity index (χ3v) is 5.99. The minimum Gasteiger partial charge on any atom is -0.367 e. The highest BCUT2D eigenvalue weighted by molar-refractivity contribution is 6.36. The molecule has 1 heterocycles. The van der Waals surface area contributed by atoms with Crippen LogP contribution in [0.2, 0.25) is 15.1 Å². The van der Waals surface area contributed by atoms with Gasteiger partial charge in [-0.1, -0.05) is 59.1 Å². The Labute approximate surface area is 185 Å². The van der Waals surface area contributed by atoms with Crippen molar-refractivity contribution in [3.8, 4) is 0 Å². The second-order valence-electron chi connectivity index (χ2n) is 6.93. The summed E-state index contributed by atoms with van der Waals surface area (Å²) in [7, 11) is 0. The van der Waals surface area contributed by atoms with Crippen LogP contribution in [0.15, 0.2) is 66.7 Å². The summed E-state index contributed by atoms with van der Waals surface area (Å²) in [6, 6.07) is 21.4. The average molecular weight is 443 g/mol. The average Bonchev–Trinajstić information content (AvgIpc) is 2.74. The van der Waals surface area contributed by atoms with E-state index in [1.165, 1.54) is 5.56 Å². The zero-order valence-corrected chi connectivity index (χ0v) is 17.8. The van der Waals surface area contributed by atoms with Crippen LogP contribution in [0.4, 0.5) is 17.1 Å². The molecule has 146 valence electrons. The molecule has 4 rings (SSSR count). The van der Waals surface area contributed by atoms with E-state index < -0.39 is 0 Å². The van der Waals surface area contributed by atoms with Crippen LogP contribution >= 0.6 is 34.8 Å². The first-order chi connectivity index (χ1) is 14.0. The molecule has 1 saturated heterocycles. The van der Waals surface area contributed by atoms with Crippen molar-refractivity contribution in [1.82, 2.24) is 0 Å². The van der Waals surface area contributed by atoms with Crippen LogP contribution in [0.25, 0.3) is 4.85 Å². The van der Waals surface area contributed by atoms with Crippen LogP contribution in [0.5, 0.6) is 0 Å². The number of anilines is 2. The molecule has 0 radical (unpaired) electrons. The van der Waals surface area contributed by atoms with Crippen LogP contribution < -0.4 is 9.80 Å². The SMILES string of the molecule is [C-]#[N+]c1ccc(N2CCN(c3ccc(Cl)cc3Cl)C(c3ccc(Cl)cc3)C2)cc1. The minimum atomic E-state index is 0.0974. The Balaban J connectivity index is 1.69. The van der Waals surface area contributed by atoms with E-state index >= 15 is 0 Å². The van der Waals surface area contributed by atoms with Gasteiger partial charge in [0.05, 0.1) is 23.3 Å². The Morgan fingerprint density at radius 1 is 0.828 bits per heavy atom. The summed E-state index contributed by atoms with van der Waals surface area (Å²) in [6.45, 7) is 9.59. The Kier molecular flexibility index (Phi) is 5.87. The van der Waals surface area contributed by atoms with E-state index in [9.17, 15) is 0 Å². The molecule has 0 bridgehead atoms. The fourth-order valence-corrected chi connectivity index (χ4v) is 4.37. The quantitative estimate of drug-likeness (QED) is 0.395. The van der Waals surface area contributed by atoms with Gasteiger partial charge < -0.3 is 9.80 Å². The van der Waals surface area contributed by atoms with Gasteiger partial charge in [0.25, 0.3) is 0 Å². The number of nitrogens with zero attached hydrogens (tertiary/aromatic N) is 3. The van der Waals surface area contributed by atoms with E-state index in [1.807, 2.05) is 48.5 Å². The highest BCUT2D eigenvalue weighted by Gasteiger charge is 2.30. The molecule has 0 aliphatic carbocycles. The molecule has 3 nitrogen and oxygen atoms in total. The smallest absolute Gasteiger partial charge is 0.187 e. The highest BCUT2D eigenvalue weighted by atomic mass is 35.5. The van der Waals surface area contributed by atoms with Crippen molar-refractivity contribution in [2.75, 3.05) is 29.4 Å². The van der Waals surface area contributed by atoms with Crippen molar-refractivity contribution in [1.29, 1.82) is 0 Å². The van der Waals surface area contributed by atoms with Gasteiger partial charge in [-0.05, 0) is 48.0 Å². The number of hydrogen-bond donors (Lipinski definition) is 0. The standard InChI is InChI=1S/C23H18Cl3N3/c1-27-19-7-9-20(10-8-19)28-12-13-29(22-11-6-18(25)14-21(22)26)23(15-28)16-2-4-17(24)5-3-16/h2-11,14,23H,12-13,15H2. The summed E-state index contributed by atoms with van der Waals surface area (Å²) in [4.78, 5) is 8.15. The summed E-state index contributed by atoms with van der Waals surface area (Å²) in [6.07, 6.45) is 0. The number of piperazine rings is 1.